The zero-order chi connectivity index (χ0) is 19.5. The summed E-state index contributed by atoms with van der Waals surface area (Å²) in [5.41, 5.74) is 3.89. The van der Waals surface area contributed by atoms with Crippen molar-refractivity contribution in [3.05, 3.63) is 78.0 Å². The maximum absolute atomic E-state index is 13.0. The Balaban J connectivity index is 1.67. The number of aryl methyl sites for hydroxylation is 1. The number of carbonyl (C=O) groups is 1. The Bertz CT molecular complexity index is 1140. The number of pyridine rings is 1. The minimum Gasteiger partial charge on any atom is -0.497 e. The van der Waals surface area contributed by atoms with E-state index >= 15 is 0 Å². The van der Waals surface area contributed by atoms with E-state index in [4.69, 9.17) is 9.72 Å². The number of aromatic nitrogens is 3. The molecule has 0 radical (unpaired) electrons. The van der Waals surface area contributed by atoms with Crippen molar-refractivity contribution >= 4 is 16.9 Å². The molecule has 4 rings (SSSR count). The fourth-order valence-corrected chi connectivity index (χ4v) is 3.12. The maximum Gasteiger partial charge on any atom is 0.252 e. The van der Waals surface area contributed by atoms with Crippen molar-refractivity contribution < 1.29 is 9.53 Å². The first-order chi connectivity index (χ1) is 13.7. The molecule has 0 aliphatic heterocycles. The SMILES string of the molecule is COc1cccc(CNC(=O)c2cc(-c3ccccc3)nc3c2cnn3C)c1. The highest BCUT2D eigenvalue weighted by molar-refractivity contribution is 6.06. The van der Waals surface area contributed by atoms with Gasteiger partial charge in [0.15, 0.2) is 5.65 Å². The number of ether oxygens (including phenoxy) is 1. The van der Waals surface area contributed by atoms with Gasteiger partial charge in [0.2, 0.25) is 0 Å². The molecule has 0 saturated heterocycles. The molecule has 6 nitrogen and oxygen atoms in total. The van der Waals surface area contributed by atoms with Crippen LogP contribution in [0.1, 0.15) is 15.9 Å². The molecule has 4 aromatic rings. The maximum atomic E-state index is 13.0. The lowest BCUT2D eigenvalue weighted by molar-refractivity contribution is 0.0952. The molecule has 0 aliphatic rings. The summed E-state index contributed by atoms with van der Waals surface area (Å²) in [6.45, 7) is 0.404. The van der Waals surface area contributed by atoms with E-state index in [2.05, 4.69) is 10.4 Å². The summed E-state index contributed by atoms with van der Waals surface area (Å²) in [7, 11) is 3.45. The Kier molecular flexibility index (Phi) is 4.76. The second-order valence-electron chi connectivity index (χ2n) is 6.46. The molecule has 0 unspecified atom stereocenters. The molecule has 0 aliphatic carbocycles. The van der Waals surface area contributed by atoms with E-state index in [0.29, 0.717) is 17.8 Å². The van der Waals surface area contributed by atoms with Crippen LogP contribution >= 0.6 is 0 Å². The van der Waals surface area contributed by atoms with Crippen molar-refractivity contribution in [2.45, 2.75) is 6.54 Å². The lowest BCUT2D eigenvalue weighted by atomic mass is 10.1. The van der Waals surface area contributed by atoms with Crippen molar-refractivity contribution in [1.29, 1.82) is 0 Å². The lowest BCUT2D eigenvalue weighted by Gasteiger charge is -2.10. The molecule has 0 saturated carbocycles. The van der Waals surface area contributed by atoms with Gasteiger partial charge in [-0.2, -0.15) is 5.10 Å². The third-order valence-corrected chi connectivity index (χ3v) is 4.61. The zero-order valence-electron chi connectivity index (χ0n) is 15.7. The van der Waals surface area contributed by atoms with Gasteiger partial charge in [-0.25, -0.2) is 4.98 Å². The van der Waals surface area contributed by atoms with E-state index in [-0.39, 0.29) is 5.91 Å². The minimum atomic E-state index is -0.166. The molecule has 2 heterocycles. The van der Waals surface area contributed by atoms with Crippen LogP contribution in [0, 0.1) is 0 Å². The largest absolute Gasteiger partial charge is 0.497 e. The number of rotatable bonds is 5. The van der Waals surface area contributed by atoms with Gasteiger partial charge < -0.3 is 10.1 Å². The molecule has 28 heavy (non-hydrogen) atoms. The molecule has 0 bridgehead atoms. The fourth-order valence-electron chi connectivity index (χ4n) is 3.12. The molecule has 0 fully saturated rings. The predicted octanol–water partition coefficient (Wildman–Crippen LogP) is 3.57. The Morgan fingerprint density at radius 1 is 1.11 bits per heavy atom. The number of methoxy groups -OCH3 is 1. The molecule has 2 aromatic carbocycles. The number of hydrogen-bond donors (Lipinski definition) is 1. The van der Waals surface area contributed by atoms with Gasteiger partial charge in [-0.15, -0.1) is 0 Å². The highest BCUT2D eigenvalue weighted by atomic mass is 16.5. The summed E-state index contributed by atoms with van der Waals surface area (Å²) in [5, 5.41) is 7.99. The van der Waals surface area contributed by atoms with E-state index in [9.17, 15) is 4.79 Å². The van der Waals surface area contributed by atoms with Crippen LogP contribution in [-0.2, 0) is 13.6 Å². The first-order valence-electron chi connectivity index (χ1n) is 8.95. The average Bonchev–Trinajstić information content (AvgIpc) is 3.13. The minimum absolute atomic E-state index is 0.166. The summed E-state index contributed by atoms with van der Waals surface area (Å²) in [4.78, 5) is 17.7. The fraction of sp³-hybridized carbons (Fsp3) is 0.136. The zero-order valence-corrected chi connectivity index (χ0v) is 15.7. The van der Waals surface area contributed by atoms with Crippen LogP contribution in [0.15, 0.2) is 66.9 Å². The van der Waals surface area contributed by atoms with E-state index in [1.165, 1.54) is 0 Å². The van der Waals surface area contributed by atoms with Crippen LogP contribution in [0.5, 0.6) is 5.75 Å². The Hall–Kier alpha value is -3.67. The summed E-state index contributed by atoms with van der Waals surface area (Å²) >= 11 is 0. The molecule has 1 N–H and O–H groups in total. The van der Waals surface area contributed by atoms with Gasteiger partial charge in [-0.1, -0.05) is 42.5 Å². The van der Waals surface area contributed by atoms with Crippen LogP contribution in [0.2, 0.25) is 0 Å². The van der Waals surface area contributed by atoms with Crippen molar-refractivity contribution in [1.82, 2.24) is 20.1 Å². The molecule has 2 aromatic heterocycles. The summed E-state index contributed by atoms with van der Waals surface area (Å²) in [6.07, 6.45) is 1.68. The average molecular weight is 372 g/mol. The van der Waals surface area contributed by atoms with Crippen LogP contribution in [0.3, 0.4) is 0 Å². The van der Waals surface area contributed by atoms with Crippen molar-refractivity contribution in [2.24, 2.45) is 7.05 Å². The van der Waals surface area contributed by atoms with Gasteiger partial charge in [0.25, 0.3) is 5.91 Å². The molecule has 6 heteroatoms. The second kappa shape index (κ2) is 7.52. The molecular formula is C22H20N4O2. The monoisotopic (exact) mass is 372 g/mol. The van der Waals surface area contributed by atoms with E-state index in [1.807, 2.05) is 67.7 Å². The van der Waals surface area contributed by atoms with Gasteiger partial charge in [0.05, 0.1) is 30.0 Å². The number of hydrogen-bond acceptors (Lipinski definition) is 4. The Morgan fingerprint density at radius 3 is 2.71 bits per heavy atom. The first-order valence-corrected chi connectivity index (χ1v) is 8.95. The van der Waals surface area contributed by atoms with Gasteiger partial charge in [-0.05, 0) is 23.8 Å². The third kappa shape index (κ3) is 3.44. The van der Waals surface area contributed by atoms with Crippen LogP contribution < -0.4 is 10.1 Å². The number of carbonyl (C=O) groups excluding carboxylic acids is 1. The van der Waals surface area contributed by atoms with Crippen LogP contribution in [-0.4, -0.2) is 27.8 Å². The third-order valence-electron chi connectivity index (χ3n) is 4.61. The van der Waals surface area contributed by atoms with Crippen molar-refractivity contribution in [3.63, 3.8) is 0 Å². The van der Waals surface area contributed by atoms with E-state index in [1.54, 1.807) is 18.0 Å². The summed E-state index contributed by atoms with van der Waals surface area (Å²) in [5.74, 6) is 0.595. The van der Waals surface area contributed by atoms with Crippen molar-refractivity contribution in [2.75, 3.05) is 7.11 Å². The number of nitrogens with zero attached hydrogens (tertiary/aromatic N) is 3. The number of fused-ring (bicyclic) bond motifs is 1. The van der Waals surface area contributed by atoms with Crippen molar-refractivity contribution in [3.8, 4) is 17.0 Å². The van der Waals surface area contributed by atoms with Gasteiger partial charge >= 0.3 is 0 Å². The molecule has 0 atom stereocenters. The molecular weight excluding hydrogens is 352 g/mol. The quantitative estimate of drug-likeness (QED) is 0.581. The normalized spacial score (nSPS) is 10.8. The number of amides is 1. The predicted molar refractivity (Wildman–Crippen MR) is 108 cm³/mol. The highest BCUT2D eigenvalue weighted by Crippen LogP contribution is 2.24. The van der Waals surface area contributed by atoms with E-state index in [0.717, 1.165) is 28.0 Å². The number of benzene rings is 2. The van der Waals surface area contributed by atoms with Crippen LogP contribution in [0.25, 0.3) is 22.3 Å². The summed E-state index contributed by atoms with van der Waals surface area (Å²) in [6, 6.07) is 19.3. The van der Waals surface area contributed by atoms with E-state index < -0.39 is 0 Å². The van der Waals surface area contributed by atoms with Gasteiger partial charge in [0.1, 0.15) is 5.75 Å². The lowest BCUT2D eigenvalue weighted by Crippen LogP contribution is -2.23. The molecule has 0 spiro atoms. The topological polar surface area (TPSA) is 69.0 Å². The standard InChI is InChI=1S/C22H20N4O2/c1-26-21-19(14-24-26)18(12-20(25-21)16-8-4-3-5-9-16)22(27)23-13-15-7-6-10-17(11-15)28-2/h3-12,14H,13H2,1-2H3,(H,23,27). The van der Waals surface area contributed by atoms with Gasteiger partial charge in [-0.3, -0.25) is 9.48 Å². The molecule has 1 amide bonds. The second-order valence-corrected chi connectivity index (χ2v) is 6.46. The molecule has 140 valence electrons. The summed E-state index contributed by atoms with van der Waals surface area (Å²) < 4.78 is 6.92. The van der Waals surface area contributed by atoms with Crippen LogP contribution in [0.4, 0.5) is 0 Å². The Labute approximate surface area is 162 Å². The first kappa shape index (κ1) is 17.7. The Morgan fingerprint density at radius 2 is 1.93 bits per heavy atom. The highest BCUT2D eigenvalue weighted by Gasteiger charge is 2.16. The number of nitrogens with one attached hydrogen (secondary N) is 1. The van der Waals surface area contributed by atoms with Gasteiger partial charge in [0, 0.05) is 19.2 Å². The smallest absolute Gasteiger partial charge is 0.252 e.